The highest BCUT2D eigenvalue weighted by atomic mass is 19.4. The van der Waals surface area contributed by atoms with Crippen molar-refractivity contribution < 1.29 is 31.1 Å². The van der Waals surface area contributed by atoms with Gasteiger partial charge in [-0.1, -0.05) is 0 Å². The van der Waals surface area contributed by atoms with Crippen molar-refractivity contribution in [2.45, 2.75) is 38.3 Å². The lowest BCUT2D eigenvalue weighted by atomic mass is 10.1. The fraction of sp³-hybridized carbons (Fsp3) is 0.389. The Morgan fingerprint density at radius 3 is 2.47 bits per heavy atom. The summed E-state index contributed by atoms with van der Waals surface area (Å²) in [5, 5.41) is 10.1. The van der Waals surface area contributed by atoms with E-state index in [1.54, 1.807) is 6.92 Å². The average Bonchev–Trinajstić information content (AvgIpc) is 3.36. The second-order valence-electron chi connectivity index (χ2n) is 7.25. The van der Waals surface area contributed by atoms with Gasteiger partial charge in [-0.15, -0.1) is 5.10 Å². The van der Waals surface area contributed by atoms with E-state index in [1.165, 1.54) is 17.8 Å². The molecule has 0 bridgehead atoms. The van der Waals surface area contributed by atoms with E-state index in [0.29, 0.717) is 24.2 Å². The Hall–Kier alpha value is -3.45. The molecule has 14 heteroatoms. The van der Waals surface area contributed by atoms with E-state index in [9.17, 15) is 31.1 Å². The minimum Gasteiger partial charge on any atom is -0.341 e. The molecule has 0 aliphatic carbocycles. The van der Waals surface area contributed by atoms with Gasteiger partial charge in [0, 0.05) is 25.4 Å². The third-order valence-corrected chi connectivity index (χ3v) is 4.99. The van der Waals surface area contributed by atoms with Gasteiger partial charge in [-0.05, 0) is 31.0 Å². The predicted octanol–water partition coefficient (Wildman–Crippen LogP) is 3.29. The fourth-order valence-electron chi connectivity index (χ4n) is 3.45. The quantitative estimate of drug-likeness (QED) is 0.607. The predicted molar refractivity (Wildman–Crippen MR) is 96.0 cm³/mol. The molecule has 1 aliphatic heterocycles. The number of aromatic nitrogens is 6. The van der Waals surface area contributed by atoms with E-state index in [-0.39, 0.29) is 11.3 Å². The van der Waals surface area contributed by atoms with Crippen molar-refractivity contribution in [1.29, 1.82) is 0 Å². The van der Waals surface area contributed by atoms with Gasteiger partial charge < -0.3 is 5.32 Å². The second-order valence-corrected chi connectivity index (χ2v) is 7.25. The van der Waals surface area contributed by atoms with Gasteiger partial charge in [-0.25, -0.2) is 4.68 Å². The summed E-state index contributed by atoms with van der Waals surface area (Å²) in [6.45, 7) is 1.96. The van der Waals surface area contributed by atoms with Crippen molar-refractivity contribution in [3.63, 3.8) is 0 Å². The number of hydrogen-bond acceptors (Lipinski definition) is 5. The minimum absolute atomic E-state index is 0.238. The molecule has 3 aromatic heterocycles. The summed E-state index contributed by atoms with van der Waals surface area (Å²) in [6, 6.07) is 1.83. The van der Waals surface area contributed by atoms with Crippen LogP contribution in [0, 0.1) is 6.92 Å². The van der Waals surface area contributed by atoms with Gasteiger partial charge >= 0.3 is 12.4 Å². The first kappa shape index (κ1) is 21.8. The largest absolute Gasteiger partial charge is 0.453 e. The number of nitrogens with zero attached hydrogens (tertiary/aromatic N) is 6. The van der Waals surface area contributed by atoms with Crippen LogP contribution in [0.1, 0.15) is 45.9 Å². The first-order valence-corrected chi connectivity index (χ1v) is 9.25. The minimum atomic E-state index is -4.80. The Morgan fingerprint density at radius 1 is 1.12 bits per heavy atom. The molecule has 4 rings (SSSR count). The first-order valence-electron chi connectivity index (χ1n) is 9.25. The first-order chi connectivity index (χ1) is 14.8. The number of halogens is 6. The van der Waals surface area contributed by atoms with Gasteiger partial charge in [0.25, 0.3) is 11.7 Å². The van der Waals surface area contributed by atoms with E-state index < -0.39 is 41.6 Å². The van der Waals surface area contributed by atoms with Crippen LogP contribution in [0.15, 0.2) is 18.3 Å². The number of rotatable bonds is 3. The highest BCUT2D eigenvalue weighted by molar-refractivity contribution is 5.91. The molecule has 170 valence electrons. The lowest BCUT2D eigenvalue weighted by Crippen LogP contribution is -2.29. The van der Waals surface area contributed by atoms with Crippen LogP contribution in [0.25, 0.3) is 11.3 Å². The molecular weight excluding hydrogens is 444 g/mol. The van der Waals surface area contributed by atoms with Crippen LogP contribution < -0.4 is 5.32 Å². The lowest BCUT2D eigenvalue weighted by Gasteiger charge is -2.11. The molecule has 8 nitrogen and oxygen atoms in total. The Kier molecular flexibility index (Phi) is 4.97. The molecule has 0 aromatic carbocycles. The highest BCUT2D eigenvalue weighted by Gasteiger charge is 2.38. The highest BCUT2D eigenvalue weighted by Crippen LogP contribution is 2.34. The normalized spacial score (nSPS) is 16.3. The molecule has 1 atom stereocenters. The van der Waals surface area contributed by atoms with Crippen LogP contribution in [0.3, 0.4) is 0 Å². The molecular formula is C18H15F6N7O. The van der Waals surface area contributed by atoms with Gasteiger partial charge in [0.1, 0.15) is 5.69 Å². The standard InChI is InChI=1S/C18H15F6N7O/c1-8-7-25-13(17(19,20)21)5-9(8)11-6-12-10(3-4-31(12)28-11)26-15(32)14-27-16(18(22,23)24)29-30(14)2/h5-7,10H,3-4H2,1-2H3,(H,26,32)/t10-/m0/s1. The molecule has 4 heterocycles. The van der Waals surface area contributed by atoms with Gasteiger partial charge in [-0.3, -0.25) is 14.5 Å². The SMILES string of the molecule is Cc1cnc(C(F)(F)F)cc1-c1cc2n(n1)CC[C@@H]2NC(=O)c1nc(C(F)(F)F)nn1C. The maximum Gasteiger partial charge on any atom is 0.453 e. The van der Waals surface area contributed by atoms with Gasteiger partial charge in [0.15, 0.2) is 0 Å². The van der Waals surface area contributed by atoms with Crippen molar-refractivity contribution in [2.24, 2.45) is 7.05 Å². The number of carbonyl (C=O) groups excluding carboxylic acids is 1. The van der Waals surface area contributed by atoms with Crippen molar-refractivity contribution >= 4 is 5.91 Å². The molecule has 0 radical (unpaired) electrons. The summed E-state index contributed by atoms with van der Waals surface area (Å²) in [5.74, 6) is -2.82. The molecule has 0 saturated carbocycles. The van der Waals surface area contributed by atoms with E-state index >= 15 is 0 Å². The van der Waals surface area contributed by atoms with Crippen LogP contribution in [0.5, 0.6) is 0 Å². The number of nitrogens with one attached hydrogen (secondary N) is 1. The Bertz CT molecular complexity index is 1190. The van der Waals surface area contributed by atoms with Crippen LogP contribution >= 0.6 is 0 Å². The summed E-state index contributed by atoms with van der Waals surface area (Å²) in [4.78, 5) is 19.2. The van der Waals surface area contributed by atoms with Gasteiger partial charge in [0.2, 0.25) is 5.82 Å². The number of aryl methyl sites for hydroxylation is 3. The monoisotopic (exact) mass is 459 g/mol. The van der Waals surface area contributed by atoms with E-state index in [0.717, 1.165) is 16.9 Å². The molecule has 1 N–H and O–H groups in total. The van der Waals surface area contributed by atoms with E-state index in [4.69, 9.17) is 0 Å². The molecule has 3 aromatic rings. The van der Waals surface area contributed by atoms with E-state index in [1.807, 2.05) is 0 Å². The summed E-state index contributed by atoms with van der Waals surface area (Å²) in [5.41, 5.74) is 0.439. The van der Waals surface area contributed by atoms with Crippen molar-refractivity contribution in [3.05, 3.63) is 46.9 Å². The second kappa shape index (κ2) is 7.31. The fourth-order valence-corrected chi connectivity index (χ4v) is 3.45. The lowest BCUT2D eigenvalue weighted by molar-refractivity contribution is -0.145. The molecule has 0 unspecified atom stereocenters. The number of carbonyl (C=O) groups is 1. The Labute approximate surface area is 176 Å². The summed E-state index contributed by atoms with van der Waals surface area (Å²) >= 11 is 0. The van der Waals surface area contributed by atoms with E-state index in [2.05, 4.69) is 25.5 Å². The Balaban J connectivity index is 1.59. The Morgan fingerprint density at radius 2 is 1.84 bits per heavy atom. The van der Waals surface area contributed by atoms with Gasteiger partial charge in [0.05, 0.1) is 17.4 Å². The molecule has 1 amide bonds. The van der Waals surface area contributed by atoms with Gasteiger partial charge in [-0.2, -0.15) is 36.4 Å². The molecule has 0 fully saturated rings. The number of amides is 1. The molecule has 0 saturated heterocycles. The van der Waals surface area contributed by atoms with Crippen LogP contribution in [0.4, 0.5) is 26.3 Å². The summed E-state index contributed by atoms with van der Waals surface area (Å²) in [7, 11) is 1.17. The number of fused-ring (bicyclic) bond motifs is 1. The maximum absolute atomic E-state index is 13.0. The van der Waals surface area contributed by atoms with Crippen molar-refractivity contribution in [3.8, 4) is 11.3 Å². The number of hydrogen-bond donors (Lipinski definition) is 1. The van der Waals surface area contributed by atoms with Crippen LogP contribution in [-0.4, -0.2) is 35.4 Å². The zero-order valence-electron chi connectivity index (χ0n) is 16.6. The van der Waals surface area contributed by atoms with Crippen molar-refractivity contribution in [1.82, 2.24) is 34.8 Å². The maximum atomic E-state index is 13.0. The summed E-state index contributed by atoms with van der Waals surface area (Å²) in [6.07, 6.45) is -7.91. The third kappa shape index (κ3) is 3.91. The van der Waals surface area contributed by atoms with Crippen molar-refractivity contribution in [2.75, 3.05) is 0 Å². The number of pyridine rings is 1. The summed E-state index contributed by atoms with van der Waals surface area (Å²) < 4.78 is 79.7. The molecule has 1 aliphatic rings. The van der Waals surface area contributed by atoms with Crippen LogP contribution in [-0.2, 0) is 25.9 Å². The average molecular weight is 459 g/mol. The van der Waals surface area contributed by atoms with Crippen LogP contribution in [0.2, 0.25) is 0 Å². The third-order valence-electron chi connectivity index (χ3n) is 4.99. The molecule has 32 heavy (non-hydrogen) atoms. The molecule has 0 spiro atoms. The number of alkyl halides is 6. The smallest absolute Gasteiger partial charge is 0.341 e. The zero-order valence-corrected chi connectivity index (χ0v) is 16.6. The topological polar surface area (TPSA) is 90.5 Å². The zero-order chi connectivity index (χ0) is 23.4.